The van der Waals surface area contributed by atoms with Crippen molar-refractivity contribution in [3.63, 3.8) is 0 Å². The first kappa shape index (κ1) is 43.0. The zero-order valence-electron chi connectivity index (χ0n) is 34.9. The van der Waals surface area contributed by atoms with Crippen LogP contribution in [0.5, 0.6) is 34.5 Å². The van der Waals surface area contributed by atoms with Crippen molar-refractivity contribution in [1.29, 1.82) is 0 Å². The molecule has 0 saturated carbocycles. The third kappa shape index (κ3) is 13.0. The van der Waals surface area contributed by atoms with Crippen LogP contribution in [0.15, 0.2) is 146 Å². The van der Waals surface area contributed by atoms with E-state index in [9.17, 15) is 9.59 Å². The number of rotatable bonds is 21. The second-order valence-corrected chi connectivity index (χ2v) is 15.0. The van der Waals surface area contributed by atoms with Crippen molar-refractivity contribution in [3.8, 4) is 56.8 Å². The quantitative estimate of drug-likeness (QED) is 0.0403. The van der Waals surface area contributed by atoms with Crippen LogP contribution in [-0.2, 0) is 0 Å². The maximum Gasteiger partial charge on any atom is 0.343 e. The van der Waals surface area contributed by atoms with Crippen molar-refractivity contribution in [2.45, 2.75) is 53.4 Å². The van der Waals surface area contributed by atoms with Gasteiger partial charge in [-0.25, -0.2) is 9.59 Å². The fourth-order valence-electron chi connectivity index (χ4n) is 5.92. The molecule has 6 rings (SSSR count). The van der Waals surface area contributed by atoms with Gasteiger partial charge in [-0.15, -0.1) is 0 Å². The van der Waals surface area contributed by atoms with Gasteiger partial charge in [0.15, 0.2) is 0 Å². The van der Waals surface area contributed by atoms with Crippen LogP contribution in [0.4, 0.5) is 0 Å². The molecule has 0 N–H and O–H groups in total. The molecule has 0 aliphatic carbocycles. The summed E-state index contributed by atoms with van der Waals surface area (Å²) < 4.78 is 34.7. The Balaban J connectivity index is 0.853. The normalized spacial score (nSPS) is 11.9. The molecule has 0 fully saturated rings. The molecule has 0 unspecified atom stereocenters. The van der Waals surface area contributed by atoms with E-state index < -0.39 is 11.9 Å². The van der Waals surface area contributed by atoms with Gasteiger partial charge in [0.1, 0.15) is 34.5 Å². The Morgan fingerprint density at radius 1 is 0.383 bits per heavy atom. The van der Waals surface area contributed by atoms with Gasteiger partial charge in [-0.3, -0.25) is 0 Å². The standard InChI is InChI=1S/C52H54O8/c1-5-37(3)35-57-47-21-17-41(18-22-47)39-9-13-43(14-10-39)51(53)59-49-29-25-45(26-30-49)55-33-7-8-34-56-46-27-31-50(32-28-46)60-52(54)44-15-11-40(12-16-44)42-19-23-48(24-20-42)58-36-38(4)6-2/h9-32,37-38H,5-8,33-36H2,1-4H3/t37-,38-/m0/s1. The van der Waals surface area contributed by atoms with Crippen molar-refractivity contribution in [3.05, 3.63) is 157 Å². The lowest BCUT2D eigenvalue weighted by molar-refractivity contribution is 0.0725. The predicted octanol–water partition coefficient (Wildman–Crippen LogP) is 12.5. The molecule has 6 aromatic carbocycles. The molecule has 0 aliphatic rings. The van der Waals surface area contributed by atoms with Crippen molar-refractivity contribution >= 4 is 11.9 Å². The third-order valence-corrected chi connectivity index (χ3v) is 10.2. The van der Waals surface area contributed by atoms with Crippen LogP contribution in [-0.4, -0.2) is 38.4 Å². The Kier molecular flexibility index (Phi) is 15.8. The molecule has 0 bridgehead atoms. The highest BCUT2D eigenvalue weighted by atomic mass is 16.5. The fourth-order valence-corrected chi connectivity index (χ4v) is 5.92. The van der Waals surface area contributed by atoms with E-state index in [0.717, 1.165) is 59.4 Å². The zero-order chi connectivity index (χ0) is 42.1. The summed E-state index contributed by atoms with van der Waals surface area (Å²) in [7, 11) is 0. The number of unbranched alkanes of at least 4 members (excludes halogenated alkanes) is 1. The Bertz CT molecular complexity index is 2050. The van der Waals surface area contributed by atoms with Crippen molar-refractivity contribution in [1.82, 2.24) is 0 Å². The average Bonchev–Trinajstić information content (AvgIpc) is 3.30. The smallest absolute Gasteiger partial charge is 0.343 e. The Hall–Kier alpha value is -6.54. The van der Waals surface area contributed by atoms with Gasteiger partial charge in [-0.1, -0.05) is 89.1 Å². The van der Waals surface area contributed by atoms with Gasteiger partial charge in [-0.05, 0) is 144 Å². The Morgan fingerprint density at radius 3 is 0.967 bits per heavy atom. The highest BCUT2D eigenvalue weighted by Crippen LogP contribution is 2.27. The number of hydrogen-bond acceptors (Lipinski definition) is 8. The molecule has 0 spiro atoms. The Morgan fingerprint density at radius 2 is 0.650 bits per heavy atom. The molecule has 0 aromatic heterocycles. The summed E-state index contributed by atoms with van der Waals surface area (Å²) in [4.78, 5) is 25.6. The SMILES string of the molecule is CC[C@H](C)COc1ccc(-c2ccc(C(=O)Oc3ccc(OCCCCOc4ccc(OC(=O)c5ccc(-c6ccc(OC[C@@H](C)CC)cc6)cc5)cc4)cc3)cc2)cc1. The summed E-state index contributed by atoms with van der Waals surface area (Å²) in [6, 6.07) is 44.7. The first-order chi connectivity index (χ1) is 29.3. The molecule has 6 aromatic rings. The molecule has 60 heavy (non-hydrogen) atoms. The van der Waals surface area contributed by atoms with Crippen LogP contribution in [0.3, 0.4) is 0 Å². The minimum absolute atomic E-state index is 0.428. The monoisotopic (exact) mass is 806 g/mol. The number of benzene rings is 6. The van der Waals surface area contributed by atoms with Gasteiger partial charge >= 0.3 is 11.9 Å². The molecule has 0 saturated heterocycles. The molecule has 8 nitrogen and oxygen atoms in total. The van der Waals surface area contributed by atoms with E-state index in [1.54, 1.807) is 72.8 Å². The number of esters is 2. The molecule has 8 heteroatoms. The summed E-state index contributed by atoms with van der Waals surface area (Å²) in [5.41, 5.74) is 5.02. The highest BCUT2D eigenvalue weighted by molar-refractivity contribution is 5.92. The zero-order valence-corrected chi connectivity index (χ0v) is 34.9. The van der Waals surface area contributed by atoms with E-state index in [4.69, 9.17) is 28.4 Å². The van der Waals surface area contributed by atoms with Crippen LogP contribution in [0.1, 0.15) is 74.1 Å². The Labute approximate surface area is 354 Å². The number of carbonyl (C=O) groups excluding carboxylic acids is 2. The first-order valence-corrected chi connectivity index (χ1v) is 20.8. The number of carbonyl (C=O) groups is 2. The van der Waals surface area contributed by atoms with Gasteiger partial charge in [-0.2, -0.15) is 0 Å². The van der Waals surface area contributed by atoms with Crippen molar-refractivity contribution in [2.75, 3.05) is 26.4 Å². The fraction of sp³-hybridized carbons (Fsp3) is 0.269. The predicted molar refractivity (Wildman–Crippen MR) is 237 cm³/mol. The van der Waals surface area contributed by atoms with Gasteiger partial charge in [0.2, 0.25) is 0 Å². The summed E-state index contributed by atoms with van der Waals surface area (Å²) in [5.74, 6) is 4.12. The molecule has 0 aliphatic heterocycles. The second-order valence-electron chi connectivity index (χ2n) is 15.0. The first-order valence-electron chi connectivity index (χ1n) is 20.8. The molecular weight excluding hydrogens is 753 g/mol. The number of hydrogen-bond donors (Lipinski definition) is 0. The van der Waals surface area contributed by atoms with E-state index in [0.29, 0.717) is 72.4 Å². The van der Waals surface area contributed by atoms with Crippen molar-refractivity contribution < 1.29 is 38.0 Å². The molecule has 0 amide bonds. The number of ether oxygens (including phenoxy) is 6. The summed E-state index contributed by atoms with van der Waals surface area (Å²) in [6.45, 7) is 11.1. The third-order valence-electron chi connectivity index (χ3n) is 10.2. The van der Waals surface area contributed by atoms with E-state index in [1.165, 1.54) is 0 Å². The second kappa shape index (κ2) is 22.0. The minimum atomic E-state index is -0.428. The molecule has 0 heterocycles. The summed E-state index contributed by atoms with van der Waals surface area (Å²) in [5, 5.41) is 0. The summed E-state index contributed by atoms with van der Waals surface area (Å²) in [6.07, 6.45) is 3.74. The molecule has 2 atom stereocenters. The van der Waals surface area contributed by atoms with Gasteiger partial charge in [0.25, 0.3) is 0 Å². The highest BCUT2D eigenvalue weighted by Gasteiger charge is 2.12. The maximum atomic E-state index is 12.8. The summed E-state index contributed by atoms with van der Waals surface area (Å²) >= 11 is 0. The van der Waals surface area contributed by atoms with Crippen LogP contribution < -0.4 is 28.4 Å². The lowest BCUT2D eigenvalue weighted by Crippen LogP contribution is -2.08. The lowest BCUT2D eigenvalue weighted by atomic mass is 10.0. The van der Waals surface area contributed by atoms with Crippen LogP contribution in [0.2, 0.25) is 0 Å². The van der Waals surface area contributed by atoms with Gasteiger partial charge in [0, 0.05) is 0 Å². The van der Waals surface area contributed by atoms with E-state index >= 15 is 0 Å². The van der Waals surface area contributed by atoms with E-state index in [2.05, 4.69) is 27.7 Å². The molecule has 310 valence electrons. The maximum absolute atomic E-state index is 12.8. The topological polar surface area (TPSA) is 89.5 Å². The van der Waals surface area contributed by atoms with E-state index in [-0.39, 0.29) is 0 Å². The van der Waals surface area contributed by atoms with Crippen molar-refractivity contribution in [2.24, 2.45) is 11.8 Å². The van der Waals surface area contributed by atoms with Crippen LogP contribution in [0, 0.1) is 11.8 Å². The van der Waals surface area contributed by atoms with Crippen LogP contribution >= 0.6 is 0 Å². The molecular formula is C52H54O8. The van der Waals surface area contributed by atoms with E-state index in [1.807, 2.05) is 72.8 Å². The van der Waals surface area contributed by atoms with Gasteiger partial charge in [0.05, 0.1) is 37.6 Å². The molecule has 0 radical (unpaired) electrons. The minimum Gasteiger partial charge on any atom is -0.494 e. The largest absolute Gasteiger partial charge is 0.494 e. The lowest BCUT2D eigenvalue weighted by Gasteiger charge is -2.11. The van der Waals surface area contributed by atoms with Gasteiger partial charge < -0.3 is 28.4 Å². The average molecular weight is 807 g/mol. The van der Waals surface area contributed by atoms with Crippen LogP contribution in [0.25, 0.3) is 22.3 Å².